The lowest BCUT2D eigenvalue weighted by molar-refractivity contribution is -0.122. The van der Waals surface area contributed by atoms with Gasteiger partial charge in [-0.3, -0.25) is 9.59 Å². The first kappa shape index (κ1) is 22.5. The summed E-state index contributed by atoms with van der Waals surface area (Å²) in [6.45, 7) is 2.05. The summed E-state index contributed by atoms with van der Waals surface area (Å²) in [6.07, 6.45) is 0.848. The maximum Gasteiger partial charge on any atom is 0.276 e. The molecule has 0 saturated carbocycles. The minimum atomic E-state index is -3.95. The molecule has 0 radical (unpaired) electrons. The third kappa shape index (κ3) is 4.31. The van der Waals surface area contributed by atoms with Gasteiger partial charge in [0.05, 0.1) is 17.0 Å². The SMILES string of the molecule is CNC(=O)CC1(NC(=O)c2cc3c(Cl)c(C)ccc3n2C)CCCN(S(N)(=O)=O)C1. The summed E-state index contributed by atoms with van der Waals surface area (Å²) in [4.78, 5) is 25.4. The number of aromatic nitrogens is 1. The van der Waals surface area contributed by atoms with Crippen LogP contribution in [0.5, 0.6) is 0 Å². The molecule has 0 bridgehead atoms. The maximum absolute atomic E-state index is 13.2. The summed E-state index contributed by atoms with van der Waals surface area (Å²) in [5, 5.41) is 12.1. The fraction of sp³-hybridized carbons (Fsp3) is 0.474. The van der Waals surface area contributed by atoms with Gasteiger partial charge in [0.25, 0.3) is 16.1 Å². The molecule has 164 valence electrons. The molecule has 0 aliphatic carbocycles. The van der Waals surface area contributed by atoms with Crippen molar-refractivity contribution in [3.63, 3.8) is 0 Å². The van der Waals surface area contributed by atoms with Crippen molar-refractivity contribution in [2.45, 2.75) is 31.7 Å². The average Bonchev–Trinajstić information content (AvgIpc) is 3.01. The predicted molar refractivity (Wildman–Crippen MR) is 115 cm³/mol. The summed E-state index contributed by atoms with van der Waals surface area (Å²) in [5.74, 6) is -0.718. The van der Waals surface area contributed by atoms with Gasteiger partial charge in [-0.2, -0.15) is 12.7 Å². The van der Waals surface area contributed by atoms with Gasteiger partial charge in [-0.1, -0.05) is 17.7 Å². The second kappa shape index (κ2) is 8.18. The van der Waals surface area contributed by atoms with Crippen LogP contribution in [0.3, 0.4) is 0 Å². The van der Waals surface area contributed by atoms with E-state index in [2.05, 4.69) is 10.6 Å². The lowest BCUT2D eigenvalue weighted by Crippen LogP contribution is -2.62. The number of nitrogens with one attached hydrogen (secondary N) is 2. The van der Waals surface area contributed by atoms with Crippen molar-refractivity contribution in [3.05, 3.63) is 34.5 Å². The van der Waals surface area contributed by atoms with Crippen LogP contribution < -0.4 is 15.8 Å². The van der Waals surface area contributed by atoms with Gasteiger partial charge >= 0.3 is 0 Å². The fourth-order valence-corrected chi connectivity index (χ4v) is 5.03. The number of hydrogen-bond acceptors (Lipinski definition) is 4. The number of benzene rings is 1. The molecule has 0 spiro atoms. The van der Waals surface area contributed by atoms with Crippen molar-refractivity contribution >= 4 is 44.5 Å². The number of halogens is 1. The Morgan fingerprint density at radius 3 is 2.67 bits per heavy atom. The third-order valence-electron chi connectivity index (χ3n) is 5.64. The van der Waals surface area contributed by atoms with Crippen LogP contribution in [0.15, 0.2) is 18.2 Å². The third-order valence-corrected chi connectivity index (χ3v) is 7.18. The molecule has 9 nitrogen and oxygen atoms in total. The molecule has 2 amide bonds. The van der Waals surface area contributed by atoms with Gasteiger partial charge in [0.2, 0.25) is 5.91 Å². The highest BCUT2D eigenvalue weighted by Crippen LogP contribution is 2.31. The van der Waals surface area contributed by atoms with Crippen LogP contribution in [0.25, 0.3) is 10.9 Å². The van der Waals surface area contributed by atoms with Crippen LogP contribution in [0.2, 0.25) is 5.02 Å². The van der Waals surface area contributed by atoms with Gasteiger partial charge in [-0.15, -0.1) is 0 Å². The quantitative estimate of drug-likeness (QED) is 0.622. The Bertz CT molecular complexity index is 1110. The van der Waals surface area contributed by atoms with Gasteiger partial charge in [0, 0.05) is 38.1 Å². The molecule has 2 heterocycles. The molecule has 1 unspecified atom stereocenters. The monoisotopic (exact) mass is 455 g/mol. The normalized spacial score (nSPS) is 20.3. The lowest BCUT2D eigenvalue weighted by atomic mass is 9.86. The van der Waals surface area contributed by atoms with Crippen molar-refractivity contribution in [2.24, 2.45) is 12.2 Å². The van der Waals surface area contributed by atoms with E-state index in [9.17, 15) is 18.0 Å². The number of amides is 2. The molecule has 2 aromatic rings. The Morgan fingerprint density at radius 2 is 2.03 bits per heavy atom. The molecule has 11 heteroatoms. The van der Waals surface area contributed by atoms with Crippen molar-refractivity contribution in [3.8, 4) is 0 Å². The van der Waals surface area contributed by atoms with E-state index in [1.807, 2.05) is 19.1 Å². The van der Waals surface area contributed by atoms with E-state index in [1.165, 1.54) is 7.05 Å². The Balaban J connectivity index is 1.98. The van der Waals surface area contributed by atoms with E-state index >= 15 is 0 Å². The number of nitrogens with two attached hydrogens (primary N) is 1. The summed E-state index contributed by atoms with van der Waals surface area (Å²) >= 11 is 6.41. The van der Waals surface area contributed by atoms with Gasteiger partial charge in [-0.25, -0.2) is 5.14 Å². The summed E-state index contributed by atoms with van der Waals surface area (Å²) in [6, 6.07) is 5.47. The van der Waals surface area contributed by atoms with Gasteiger partial charge < -0.3 is 15.2 Å². The molecular weight excluding hydrogens is 430 g/mol. The highest BCUT2D eigenvalue weighted by atomic mass is 35.5. The molecule has 1 saturated heterocycles. The van der Waals surface area contributed by atoms with Crippen molar-refractivity contribution in [1.29, 1.82) is 0 Å². The Morgan fingerprint density at radius 1 is 1.33 bits per heavy atom. The second-order valence-corrected chi connectivity index (χ2v) is 9.71. The molecule has 1 aromatic heterocycles. The number of hydrogen-bond donors (Lipinski definition) is 3. The zero-order chi connectivity index (χ0) is 22.3. The van der Waals surface area contributed by atoms with Crippen LogP contribution in [0, 0.1) is 6.92 Å². The van der Waals surface area contributed by atoms with Crippen LogP contribution in [0.4, 0.5) is 0 Å². The standard InChI is InChI=1S/C19H26ClN5O4S/c1-12-5-6-14-13(17(12)20)9-15(24(14)3)18(27)23-19(10-16(26)22-2)7-4-8-25(11-19)30(21,28)29/h5-6,9H,4,7-8,10-11H2,1-3H3,(H,22,26)(H,23,27)(H2,21,28,29). The zero-order valence-electron chi connectivity index (χ0n) is 17.2. The maximum atomic E-state index is 13.2. The van der Waals surface area contributed by atoms with E-state index in [0.29, 0.717) is 23.6 Å². The average molecular weight is 456 g/mol. The lowest BCUT2D eigenvalue weighted by Gasteiger charge is -2.41. The number of piperidine rings is 1. The van der Waals surface area contributed by atoms with Crippen LogP contribution in [0.1, 0.15) is 35.3 Å². The van der Waals surface area contributed by atoms with Gasteiger partial charge in [0.1, 0.15) is 5.69 Å². The minimum absolute atomic E-state index is 0.0644. The highest BCUT2D eigenvalue weighted by molar-refractivity contribution is 7.86. The number of carbonyl (C=O) groups excluding carboxylic acids is 2. The van der Waals surface area contributed by atoms with Crippen molar-refractivity contribution < 1.29 is 18.0 Å². The predicted octanol–water partition coefficient (Wildman–Crippen LogP) is 1.04. The molecule has 1 aliphatic rings. The van der Waals surface area contributed by atoms with Crippen LogP contribution in [-0.4, -0.2) is 54.8 Å². The molecule has 1 aliphatic heterocycles. The summed E-state index contributed by atoms with van der Waals surface area (Å²) in [7, 11) is -0.703. The first-order valence-corrected chi connectivity index (χ1v) is 11.4. The van der Waals surface area contributed by atoms with E-state index in [-0.39, 0.29) is 25.4 Å². The number of nitrogens with zero attached hydrogens (tertiary/aromatic N) is 2. The fourth-order valence-electron chi connectivity index (χ4n) is 4.00. The minimum Gasteiger partial charge on any atom is -0.359 e. The number of aryl methyl sites for hydroxylation is 2. The number of fused-ring (bicyclic) bond motifs is 1. The molecular formula is C19H26ClN5O4S. The van der Waals surface area contributed by atoms with Crippen molar-refractivity contribution in [1.82, 2.24) is 19.5 Å². The van der Waals surface area contributed by atoms with E-state index < -0.39 is 21.7 Å². The first-order valence-electron chi connectivity index (χ1n) is 9.53. The molecule has 1 atom stereocenters. The van der Waals surface area contributed by atoms with Gasteiger partial charge in [-0.05, 0) is 37.5 Å². The largest absolute Gasteiger partial charge is 0.359 e. The Hall–Kier alpha value is -2.14. The summed E-state index contributed by atoms with van der Waals surface area (Å²) < 4.78 is 26.6. The van der Waals surface area contributed by atoms with E-state index in [0.717, 1.165) is 20.8 Å². The molecule has 1 aromatic carbocycles. The molecule has 1 fully saturated rings. The van der Waals surface area contributed by atoms with Crippen molar-refractivity contribution in [2.75, 3.05) is 20.1 Å². The smallest absolute Gasteiger partial charge is 0.276 e. The van der Waals surface area contributed by atoms with Crippen LogP contribution in [-0.2, 0) is 22.1 Å². The topological polar surface area (TPSA) is 127 Å². The molecule has 30 heavy (non-hydrogen) atoms. The summed E-state index contributed by atoms with van der Waals surface area (Å²) in [5.41, 5.74) is 0.985. The number of carbonyl (C=O) groups is 2. The zero-order valence-corrected chi connectivity index (χ0v) is 18.7. The van der Waals surface area contributed by atoms with E-state index in [4.69, 9.17) is 16.7 Å². The Labute approximate surface area is 180 Å². The second-order valence-electron chi connectivity index (χ2n) is 7.78. The van der Waals surface area contributed by atoms with E-state index in [1.54, 1.807) is 17.7 Å². The molecule has 3 rings (SSSR count). The highest BCUT2D eigenvalue weighted by Gasteiger charge is 2.42. The first-order chi connectivity index (χ1) is 14.0. The molecule has 4 N–H and O–H groups in total. The van der Waals surface area contributed by atoms with Gasteiger partial charge in [0.15, 0.2) is 0 Å². The number of rotatable bonds is 5. The van der Waals surface area contributed by atoms with Crippen LogP contribution >= 0.6 is 11.6 Å². The Kier molecular flexibility index (Phi) is 6.15.